The van der Waals surface area contributed by atoms with Crippen LogP contribution in [0.2, 0.25) is 0 Å². The zero-order valence-electron chi connectivity index (χ0n) is 13.9. The summed E-state index contributed by atoms with van der Waals surface area (Å²) in [6, 6.07) is 13.8. The molecule has 6 heteroatoms. The average molecular weight is 333 g/mol. The molecule has 3 aromatic rings. The molecule has 0 saturated heterocycles. The summed E-state index contributed by atoms with van der Waals surface area (Å²) in [5.41, 5.74) is 2.52. The largest absolute Gasteiger partial charge is 0.439 e. The molecule has 2 aliphatic rings. The van der Waals surface area contributed by atoms with Crippen molar-refractivity contribution in [2.24, 2.45) is 0 Å². The molecule has 0 bridgehead atoms. The fourth-order valence-corrected chi connectivity index (χ4v) is 3.23. The van der Waals surface area contributed by atoms with Crippen molar-refractivity contribution in [1.82, 2.24) is 19.7 Å². The second-order valence-corrected chi connectivity index (χ2v) is 6.61. The maximum Gasteiger partial charge on any atom is 0.224 e. The highest BCUT2D eigenvalue weighted by atomic mass is 16.5. The van der Waals surface area contributed by atoms with Crippen molar-refractivity contribution in [1.29, 1.82) is 0 Å². The molecule has 1 saturated carbocycles. The Morgan fingerprint density at radius 1 is 1.00 bits per heavy atom. The Morgan fingerprint density at radius 2 is 1.88 bits per heavy atom. The maximum absolute atomic E-state index is 5.83. The van der Waals surface area contributed by atoms with Gasteiger partial charge in [0.2, 0.25) is 5.88 Å². The van der Waals surface area contributed by atoms with E-state index in [4.69, 9.17) is 9.84 Å². The van der Waals surface area contributed by atoms with Gasteiger partial charge in [0.15, 0.2) is 0 Å². The molecule has 3 heterocycles. The Bertz CT molecular complexity index is 888. The van der Waals surface area contributed by atoms with Gasteiger partial charge < -0.3 is 9.64 Å². The summed E-state index contributed by atoms with van der Waals surface area (Å²) in [4.78, 5) is 10.9. The van der Waals surface area contributed by atoms with E-state index in [1.165, 1.54) is 24.2 Å². The normalized spacial score (nSPS) is 16.6. The Hall–Kier alpha value is -2.89. The molecule has 6 nitrogen and oxygen atoms in total. The Balaban J connectivity index is 1.35. The standard InChI is InChI=1S/C19H19N5O/c1-2-4-16(5-3-1)25-19-11-18(20-13-21-19)23-8-9-24-15(12-23)10-17(22-24)14-6-7-14/h1-5,10-11,13-14H,6-9,12H2. The molecule has 0 spiro atoms. The van der Waals surface area contributed by atoms with E-state index in [2.05, 4.69) is 25.6 Å². The third-order valence-electron chi connectivity index (χ3n) is 4.73. The molecule has 126 valence electrons. The molecule has 2 aromatic heterocycles. The quantitative estimate of drug-likeness (QED) is 0.733. The van der Waals surface area contributed by atoms with Crippen molar-refractivity contribution >= 4 is 5.82 Å². The number of hydrogen-bond acceptors (Lipinski definition) is 5. The SMILES string of the molecule is c1ccc(Oc2cc(N3CCn4nc(C5CC5)cc4C3)ncn2)cc1. The number of aromatic nitrogens is 4. The fraction of sp³-hybridized carbons (Fsp3) is 0.316. The van der Waals surface area contributed by atoms with Crippen molar-refractivity contribution in [2.75, 3.05) is 11.4 Å². The fourth-order valence-electron chi connectivity index (χ4n) is 3.23. The van der Waals surface area contributed by atoms with Crippen LogP contribution in [0.3, 0.4) is 0 Å². The van der Waals surface area contributed by atoms with Gasteiger partial charge in [0, 0.05) is 18.5 Å². The Morgan fingerprint density at radius 3 is 2.72 bits per heavy atom. The molecule has 1 aliphatic heterocycles. The summed E-state index contributed by atoms with van der Waals surface area (Å²) in [6.45, 7) is 2.60. The number of rotatable bonds is 4. The number of benzene rings is 1. The van der Waals surface area contributed by atoms with Crippen LogP contribution in [0.15, 0.2) is 48.8 Å². The zero-order valence-corrected chi connectivity index (χ0v) is 13.9. The number of para-hydroxylation sites is 1. The van der Waals surface area contributed by atoms with Gasteiger partial charge in [-0.2, -0.15) is 5.10 Å². The summed E-state index contributed by atoms with van der Waals surface area (Å²) in [6.07, 6.45) is 4.13. The van der Waals surface area contributed by atoms with E-state index in [0.717, 1.165) is 31.2 Å². The number of hydrogen-bond donors (Lipinski definition) is 0. The predicted octanol–water partition coefficient (Wildman–Crippen LogP) is 3.36. The number of ether oxygens (including phenoxy) is 1. The van der Waals surface area contributed by atoms with Crippen LogP contribution in [-0.4, -0.2) is 26.3 Å². The highest BCUT2D eigenvalue weighted by molar-refractivity contribution is 5.43. The lowest BCUT2D eigenvalue weighted by Gasteiger charge is -2.28. The highest BCUT2D eigenvalue weighted by Gasteiger charge is 2.29. The van der Waals surface area contributed by atoms with Crippen LogP contribution in [0.1, 0.15) is 30.1 Å². The molecule has 1 aliphatic carbocycles. The van der Waals surface area contributed by atoms with Crippen molar-refractivity contribution < 1.29 is 4.74 Å². The maximum atomic E-state index is 5.83. The molecule has 0 radical (unpaired) electrons. The van der Waals surface area contributed by atoms with Crippen molar-refractivity contribution in [3.8, 4) is 11.6 Å². The molecule has 0 amide bonds. The lowest BCUT2D eigenvalue weighted by Crippen LogP contribution is -2.34. The summed E-state index contributed by atoms with van der Waals surface area (Å²) in [5, 5.41) is 4.75. The Labute approximate surface area is 146 Å². The smallest absolute Gasteiger partial charge is 0.224 e. The minimum atomic E-state index is 0.564. The van der Waals surface area contributed by atoms with Gasteiger partial charge in [-0.3, -0.25) is 4.68 Å². The van der Waals surface area contributed by atoms with Crippen LogP contribution in [0.5, 0.6) is 11.6 Å². The molecule has 0 N–H and O–H groups in total. The van der Waals surface area contributed by atoms with E-state index in [9.17, 15) is 0 Å². The zero-order chi connectivity index (χ0) is 16.6. The van der Waals surface area contributed by atoms with Crippen molar-refractivity contribution in [3.05, 3.63) is 60.2 Å². The summed E-state index contributed by atoms with van der Waals surface area (Å²) in [5.74, 6) is 2.92. The topological polar surface area (TPSA) is 56.1 Å². The average Bonchev–Trinajstić information content (AvgIpc) is 3.41. The van der Waals surface area contributed by atoms with Crippen LogP contribution in [0, 0.1) is 0 Å². The van der Waals surface area contributed by atoms with Gasteiger partial charge in [-0.15, -0.1) is 0 Å². The van der Waals surface area contributed by atoms with Crippen LogP contribution in [0.25, 0.3) is 0 Å². The van der Waals surface area contributed by atoms with Crippen molar-refractivity contribution in [2.45, 2.75) is 31.8 Å². The molecule has 5 rings (SSSR count). The molecule has 1 fully saturated rings. The van der Waals surface area contributed by atoms with Crippen LogP contribution < -0.4 is 9.64 Å². The first-order valence-electron chi connectivity index (χ1n) is 8.72. The van der Waals surface area contributed by atoms with E-state index >= 15 is 0 Å². The molecule has 25 heavy (non-hydrogen) atoms. The van der Waals surface area contributed by atoms with Crippen LogP contribution in [0.4, 0.5) is 5.82 Å². The van der Waals surface area contributed by atoms with Gasteiger partial charge in [0.05, 0.1) is 24.5 Å². The molecule has 0 unspecified atom stereocenters. The first-order chi connectivity index (χ1) is 12.3. The number of nitrogens with zero attached hydrogens (tertiary/aromatic N) is 5. The van der Waals surface area contributed by atoms with Crippen LogP contribution in [-0.2, 0) is 13.1 Å². The third kappa shape index (κ3) is 2.95. The van der Waals surface area contributed by atoms with E-state index in [-0.39, 0.29) is 0 Å². The number of fused-ring (bicyclic) bond motifs is 1. The third-order valence-corrected chi connectivity index (χ3v) is 4.73. The number of anilines is 1. The highest BCUT2D eigenvalue weighted by Crippen LogP contribution is 2.40. The van der Waals surface area contributed by atoms with E-state index in [1.807, 2.05) is 36.4 Å². The van der Waals surface area contributed by atoms with E-state index < -0.39 is 0 Å². The first kappa shape index (κ1) is 14.5. The molecular formula is C19H19N5O. The summed E-state index contributed by atoms with van der Waals surface area (Å²) >= 11 is 0. The molecule has 0 atom stereocenters. The van der Waals surface area contributed by atoms with Gasteiger partial charge in [-0.05, 0) is 31.0 Å². The van der Waals surface area contributed by atoms with Crippen molar-refractivity contribution in [3.63, 3.8) is 0 Å². The minimum Gasteiger partial charge on any atom is -0.439 e. The second kappa shape index (κ2) is 5.88. The van der Waals surface area contributed by atoms with Crippen LogP contribution >= 0.6 is 0 Å². The van der Waals surface area contributed by atoms with Gasteiger partial charge in [-0.1, -0.05) is 18.2 Å². The molecular weight excluding hydrogens is 314 g/mol. The van der Waals surface area contributed by atoms with E-state index in [0.29, 0.717) is 11.8 Å². The summed E-state index contributed by atoms with van der Waals surface area (Å²) < 4.78 is 7.97. The minimum absolute atomic E-state index is 0.564. The summed E-state index contributed by atoms with van der Waals surface area (Å²) in [7, 11) is 0. The van der Waals surface area contributed by atoms with Gasteiger partial charge >= 0.3 is 0 Å². The predicted molar refractivity (Wildman–Crippen MR) is 93.8 cm³/mol. The lowest BCUT2D eigenvalue weighted by atomic mass is 10.2. The second-order valence-electron chi connectivity index (χ2n) is 6.61. The van der Waals surface area contributed by atoms with Gasteiger partial charge in [0.25, 0.3) is 0 Å². The lowest BCUT2D eigenvalue weighted by molar-refractivity contribution is 0.459. The Kier molecular flexibility index (Phi) is 3.40. The van der Waals surface area contributed by atoms with Gasteiger partial charge in [-0.25, -0.2) is 9.97 Å². The van der Waals surface area contributed by atoms with Gasteiger partial charge in [0.1, 0.15) is 17.9 Å². The van der Waals surface area contributed by atoms with E-state index in [1.54, 1.807) is 6.33 Å². The monoisotopic (exact) mass is 333 g/mol. The first-order valence-corrected chi connectivity index (χ1v) is 8.72. The molecule has 1 aromatic carbocycles.